The second-order valence-electron chi connectivity index (χ2n) is 5.40. The van der Waals surface area contributed by atoms with E-state index in [1.54, 1.807) is 4.90 Å². The fraction of sp³-hybridized carbons (Fsp3) is 0.400. The van der Waals surface area contributed by atoms with Crippen molar-refractivity contribution >= 4 is 17.5 Å². The van der Waals surface area contributed by atoms with Gasteiger partial charge in [-0.15, -0.1) is 0 Å². The van der Waals surface area contributed by atoms with E-state index in [0.717, 1.165) is 5.56 Å². The minimum absolute atomic E-state index is 0.0323. The predicted octanol–water partition coefficient (Wildman–Crippen LogP) is 0.379. The van der Waals surface area contributed by atoms with Crippen LogP contribution in [0.3, 0.4) is 0 Å². The second-order valence-corrected chi connectivity index (χ2v) is 5.80. The zero-order chi connectivity index (χ0) is 16.2. The topological polar surface area (TPSA) is 79.4 Å². The van der Waals surface area contributed by atoms with E-state index in [2.05, 4.69) is 9.79 Å². The lowest BCUT2D eigenvalue weighted by Gasteiger charge is -2.32. The van der Waals surface area contributed by atoms with Gasteiger partial charge in [0.1, 0.15) is 0 Å². The molecular weight excluding hydrogens is 322 g/mol. The zero-order valence-corrected chi connectivity index (χ0v) is 13.2. The lowest BCUT2D eigenvalue weighted by atomic mass is 10.1. The average molecular weight is 339 g/mol. The Morgan fingerprint density at radius 2 is 2.26 bits per heavy atom. The van der Waals surface area contributed by atoms with Gasteiger partial charge in [0, 0.05) is 24.5 Å². The van der Waals surface area contributed by atoms with Gasteiger partial charge in [0.15, 0.2) is 0 Å². The van der Waals surface area contributed by atoms with Crippen LogP contribution in [0.4, 0.5) is 0 Å². The molecule has 1 N–H and O–H groups in total. The van der Waals surface area contributed by atoms with Crippen LogP contribution in [-0.4, -0.2) is 41.9 Å². The quantitative estimate of drug-likeness (QED) is 0.817. The van der Waals surface area contributed by atoms with Crippen LogP contribution < -0.4 is 10.3 Å². The molecule has 23 heavy (non-hydrogen) atoms. The molecule has 1 atom stereocenters. The van der Waals surface area contributed by atoms with Gasteiger partial charge >= 0.3 is 5.63 Å². The number of morpholine rings is 1. The van der Waals surface area contributed by atoms with E-state index in [0.29, 0.717) is 31.1 Å². The number of aromatic nitrogens is 2. The number of carbonyl (C=O) groups is 1. The predicted molar refractivity (Wildman–Crippen MR) is 81.0 cm³/mol. The third kappa shape index (κ3) is 4.00. The fourth-order valence-corrected chi connectivity index (χ4v) is 2.80. The van der Waals surface area contributed by atoms with E-state index < -0.39 is 5.63 Å². The number of aromatic amines is 1. The van der Waals surface area contributed by atoms with Crippen LogP contribution in [0.5, 0.6) is 0 Å². The van der Waals surface area contributed by atoms with Crippen molar-refractivity contribution in [3.8, 4) is 0 Å². The van der Waals surface area contributed by atoms with Crippen LogP contribution in [0.25, 0.3) is 0 Å². The molecule has 3 rings (SSSR count). The first-order valence-corrected chi connectivity index (χ1v) is 7.70. The van der Waals surface area contributed by atoms with Gasteiger partial charge in [-0.3, -0.25) is 9.32 Å². The first-order chi connectivity index (χ1) is 11.1. The molecule has 2 heterocycles. The normalized spacial score (nSPS) is 18.1. The van der Waals surface area contributed by atoms with Crippen molar-refractivity contribution in [3.63, 3.8) is 0 Å². The molecule has 7 nitrogen and oxygen atoms in total. The summed E-state index contributed by atoms with van der Waals surface area (Å²) < 4.78 is 11.6. The first-order valence-electron chi connectivity index (χ1n) is 7.32. The van der Waals surface area contributed by atoms with Gasteiger partial charge in [-0.1, -0.05) is 34.5 Å². The molecule has 1 saturated heterocycles. The Balaban J connectivity index is 1.60. The van der Waals surface area contributed by atoms with Gasteiger partial charge in [0.05, 0.1) is 12.7 Å². The largest absolute Gasteiger partial charge is 0.426 e. The molecule has 0 radical (unpaired) electrons. The number of rotatable bonds is 4. The van der Waals surface area contributed by atoms with Crippen molar-refractivity contribution < 1.29 is 18.7 Å². The van der Waals surface area contributed by atoms with Gasteiger partial charge in [-0.25, -0.2) is 4.79 Å². The second kappa shape index (κ2) is 6.97. The van der Waals surface area contributed by atoms with Crippen molar-refractivity contribution in [2.24, 2.45) is 0 Å². The summed E-state index contributed by atoms with van der Waals surface area (Å²) in [6.07, 6.45) is 1.76. The Hall–Kier alpha value is -2.12. The summed E-state index contributed by atoms with van der Waals surface area (Å²) in [6.45, 7) is 1.53. The monoisotopic (exact) mass is 338 g/mol. The summed E-state index contributed by atoms with van der Waals surface area (Å²) in [5.74, 6) is -0.0977. The zero-order valence-electron chi connectivity index (χ0n) is 12.4. The highest BCUT2D eigenvalue weighted by molar-refractivity contribution is 6.31. The number of H-pyrrole nitrogens is 1. The molecule has 0 spiro atoms. The maximum Gasteiger partial charge on any atom is 0.426 e. The number of amides is 1. The van der Waals surface area contributed by atoms with Crippen LogP contribution in [0.2, 0.25) is 5.02 Å². The van der Waals surface area contributed by atoms with Crippen molar-refractivity contribution in [3.05, 3.63) is 51.5 Å². The summed E-state index contributed by atoms with van der Waals surface area (Å²) >= 11 is 6.17. The van der Waals surface area contributed by atoms with E-state index in [4.69, 9.17) is 16.3 Å². The van der Waals surface area contributed by atoms with Gasteiger partial charge in [-0.2, -0.15) is 0 Å². The first kappa shape index (κ1) is 15.8. The maximum atomic E-state index is 12.3. The number of nitrogens with zero attached hydrogens (tertiary/aromatic N) is 2. The van der Waals surface area contributed by atoms with E-state index in [9.17, 15) is 9.59 Å². The molecular formula is C15H17ClN3O4+. The molecule has 8 heteroatoms. The fourth-order valence-electron chi connectivity index (χ4n) is 2.59. The molecule has 0 saturated carbocycles. The molecule has 1 aromatic carbocycles. The van der Waals surface area contributed by atoms with Crippen LogP contribution in [0.15, 0.2) is 39.8 Å². The van der Waals surface area contributed by atoms with Gasteiger partial charge in [-0.05, 0) is 16.9 Å². The van der Waals surface area contributed by atoms with E-state index in [1.807, 2.05) is 24.3 Å². The highest BCUT2D eigenvalue weighted by Gasteiger charge is 2.27. The van der Waals surface area contributed by atoms with Crippen molar-refractivity contribution in [1.82, 2.24) is 10.2 Å². The molecule has 1 aromatic heterocycles. The van der Waals surface area contributed by atoms with E-state index in [1.165, 1.54) is 10.9 Å². The van der Waals surface area contributed by atoms with E-state index >= 15 is 0 Å². The van der Waals surface area contributed by atoms with Crippen LogP contribution >= 0.6 is 11.6 Å². The smallest absolute Gasteiger partial charge is 0.374 e. The number of nitrogens with one attached hydrogen (secondary N) is 1. The summed E-state index contributed by atoms with van der Waals surface area (Å²) in [7, 11) is 0. The van der Waals surface area contributed by atoms with Gasteiger partial charge < -0.3 is 9.64 Å². The number of hydrogen-bond donors (Lipinski definition) is 1. The third-order valence-electron chi connectivity index (χ3n) is 3.73. The Morgan fingerprint density at radius 3 is 3.00 bits per heavy atom. The Bertz CT molecular complexity index is 742. The maximum absolute atomic E-state index is 12.3. The number of ether oxygens (including phenoxy) is 1. The summed E-state index contributed by atoms with van der Waals surface area (Å²) in [5.41, 5.74) is 0.485. The highest BCUT2D eigenvalue weighted by Crippen LogP contribution is 2.19. The van der Waals surface area contributed by atoms with Gasteiger partial charge in [0.25, 0.3) is 18.6 Å². The van der Waals surface area contributed by atoms with Crippen LogP contribution in [0, 0.1) is 0 Å². The minimum Gasteiger partial charge on any atom is -0.374 e. The molecule has 0 unspecified atom stereocenters. The van der Waals surface area contributed by atoms with Crippen molar-refractivity contribution in [1.29, 1.82) is 0 Å². The minimum atomic E-state index is -0.517. The molecule has 122 valence electrons. The summed E-state index contributed by atoms with van der Waals surface area (Å²) in [4.78, 5) is 25.0. The highest BCUT2D eigenvalue weighted by atomic mass is 35.5. The summed E-state index contributed by atoms with van der Waals surface area (Å²) in [5, 5.41) is 3.07. The van der Waals surface area contributed by atoms with Crippen molar-refractivity contribution in [2.75, 3.05) is 19.7 Å². The molecule has 2 aromatic rings. The van der Waals surface area contributed by atoms with Crippen LogP contribution in [-0.2, 0) is 22.5 Å². The Kier molecular flexibility index (Phi) is 4.78. The molecule has 1 aliphatic rings. The number of carbonyl (C=O) groups excluding carboxylic acids is 1. The van der Waals surface area contributed by atoms with Gasteiger partial charge in [0.2, 0.25) is 0 Å². The molecule has 1 amide bonds. The SMILES string of the molecule is O=C(C[n+]1cc(=O)o[nH]1)N1CCO[C@@H](Cc2ccccc2Cl)C1. The number of benzene rings is 1. The third-order valence-corrected chi connectivity index (χ3v) is 4.10. The lowest BCUT2D eigenvalue weighted by Crippen LogP contribution is -2.51. The van der Waals surface area contributed by atoms with Crippen molar-refractivity contribution in [2.45, 2.75) is 19.1 Å². The standard InChI is InChI=1S/C15H16ClN3O4/c16-13-4-2-1-3-11(13)7-12-8-18(5-6-22-12)14(20)9-19-10-15(21)23-17-19/h1-4,10,12H,5-9H2/p+1/t12-/m0/s1. The molecule has 0 aliphatic carbocycles. The average Bonchev–Trinajstić information content (AvgIpc) is 2.95. The summed E-state index contributed by atoms with van der Waals surface area (Å²) in [6, 6.07) is 7.61. The molecule has 0 bridgehead atoms. The van der Waals surface area contributed by atoms with Crippen LogP contribution in [0.1, 0.15) is 5.56 Å². The Labute approximate surface area is 137 Å². The Morgan fingerprint density at radius 1 is 1.43 bits per heavy atom. The molecule has 1 fully saturated rings. The number of hydrogen-bond acceptors (Lipinski definition) is 4. The number of halogens is 1. The van der Waals surface area contributed by atoms with E-state index in [-0.39, 0.29) is 18.6 Å². The lowest BCUT2D eigenvalue weighted by molar-refractivity contribution is -0.751. The molecule has 1 aliphatic heterocycles.